The van der Waals surface area contributed by atoms with Gasteiger partial charge in [0.1, 0.15) is 0 Å². The van der Waals surface area contributed by atoms with Crippen LogP contribution in [0, 0.1) is 0 Å². The molecule has 9 heavy (non-hydrogen) atoms. The fraction of sp³-hybridized carbons (Fsp3) is 0.667. The Morgan fingerprint density at radius 3 is 2.89 bits per heavy atom. The van der Waals surface area contributed by atoms with E-state index in [4.69, 9.17) is 0 Å². The lowest BCUT2D eigenvalue weighted by atomic mass is 10.5. The maximum Gasteiger partial charge on any atom is 0.265 e. The number of aldehydes is 1. The summed E-state index contributed by atoms with van der Waals surface area (Å²) in [6, 6.07) is 0.766. The average Bonchev–Trinajstić information content (AvgIpc) is 2.66. The average molecular weight is 125 g/mol. The van der Waals surface area contributed by atoms with E-state index in [-0.39, 0.29) is 6.04 Å². The fourth-order valence-corrected chi connectivity index (χ4v) is 0.866. The monoisotopic (exact) mass is 125 g/mol. The Bertz CT molecular complexity index is 172. The summed E-state index contributed by atoms with van der Waals surface area (Å²) in [7, 11) is 0. The third kappa shape index (κ3) is 1.00. The molecular formula is C6H9N2O+. The van der Waals surface area contributed by atoms with Crippen LogP contribution in [-0.4, -0.2) is 42.2 Å². The molecule has 0 amide bonds. The predicted molar refractivity (Wildman–Crippen MR) is 32.8 cm³/mol. The quantitative estimate of drug-likeness (QED) is 0.281. The van der Waals surface area contributed by atoms with Gasteiger partial charge in [0, 0.05) is 6.54 Å². The first-order valence-electron chi connectivity index (χ1n) is 3.19. The van der Waals surface area contributed by atoms with Gasteiger partial charge in [0.25, 0.3) is 6.04 Å². The van der Waals surface area contributed by atoms with E-state index in [2.05, 4.69) is 16.1 Å². The molecule has 0 aromatic rings. The van der Waals surface area contributed by atoms with Gasteiger partial charge in [-0.15, -0.1) is 0 Å². The highest BCUT2D eigenvalue weighted by molar-refractivity contribution is 5.67. The summed E-state index contributed by atoms with van der Waals surface area (Å²) < 4.78 is 2.05. The van der Waals surface area contributed by atoms with Gasteiger partial charge >= 0.3 is 0 Å². The molecule has 2 aliphatic heterocycles. The lowest BCUT2D eigenvalue weighted by molar-refractivity contribution is -0.346. The molecule has 3 nitrogen and oxygen atoms in total. The summed E-state index contributed by atoms with van der Waals surface area (Å²) in [4.78, 5) is 10.1. The van der Waals surface area contributed by atoms with Crippen molar-refractivity contribution in [1.29, 1.82) is 0 Å². The van der Waals surface area contributed by atoms with Crippen molar-refractivity contribution in [1.82, 2.24) is 5.32 Å². The van der Waals surface area contributed by atoms with Crippen LogP contribution in [0.5, 0.6) is 0 Å². The van der Waals surface area contributed by atoms with Crippen LogP contribution in [0.25, 0.3) is 0 Å². The third-order valence-corrected chi connectivity index (χ3v) is 1.66. The molecule has 0 bridgehead atoms. The molecule has 3 heteroatoms. The molecular weight excluding hydrogens is 116 g/mol. The summed E-state index contributed by atoms with van der Waals surface area (Å²) in [5.41, 5.74) is 0. The minimum atomic E-state index is 0.201. The molecule has 0 saturated carbocycles. The van der Waals surface area contributed by atoms with E-state index in [1.807, 2.05) is 0 Å². The van der Waals surface area contributed by atoms with Gasteiger partial charge in [-0.25, -0.2) is 4.58 Å². The van der Waals surface area contributed by atoms with Gasteiger partial charge in [-0.3, -0.25) is 4.79 Å². The Balaban J connectivity index is 1.93. The SMILES string of the molecule is O=CC1C[N+]1=CC1CN1. The number of carbonyl (C=O) groups excluding carboxylic acids is 1. The lowest BCUT2D eigenvalue weighted by Crippen LogP contribution is -1.99. The first-order chi connectivity index (χ1) is 4.40. The Hall–Kier alpha value is -0.700. The van der Waals surface area contributed by atoms with Gasteiger partial charge in [0.2, 0.25) is 6.54 Å². The van der Waals surface area contributed by atoms with Crippen molar-refractivity contribution < 1.29 is 9.37 Å². The summed E-state index contributed by atoms with van der Waals surface area (Å²) in [6.45, 7) is 2.02. The molecule has 0 aromatic carbocycles. The highest BCUT2D eigenvalue weighted by Crippen LogP contribution is 2.06. The molecule has 48 valence electrons. The van der Waals surface area contributed by atoms with Crippen LogP contribution in [0.1, 0.15) is 0 Å². The molecule has 2 rings (SSSR count). The van der Waals surface area contributed by atoms with E-state index in [1.54, 1.807) is 0 Å². The Labute approximate surface area is 53.4 Å². The van der Waals surface area contributed by atoms with E-state index in [0.717, 1.165) is 19.4 Å². The van der Waals surface area contributed by atoms with Crippen molar-refractivity contribution in [2.45, 2.75) is 12.1 Å². The summed E-state index contributed by atoms with van der Waals surface area (Å²) in [5.74, 6) is 0. The zero-order valence-electron chi connectivity index (χ0n) is 5.08. The Morgan fingerprint density at radius 1 is 1.67 bits per heavy atom. The summed E-state index contributed by atoms with van der Waals surface area (Å²) in [5, 5.41) is 3.14. The fourth-order valence-electron chi connectivity index (χ4n) is 0.866. The van der Waals surface area contributed by atoms with E-state index >= 15 is 0 Å². The van der Waals surface area contributed by atoms with Crippen LogP contribution in [0.4, 0.5) is 0 Å². The van der Waals surface area contributed by atoms with Crippen molar-refractivity contribution in [3.05, 3.63) is 0 Å². The highest BCUT2D eigenvalue weighted by Gasteiger charge is 2.41. The van der Waals surface area contributed by atoms with Crippen LogP contribution < -0.4 is 5.32 Å². The van der Waals surface area contributed by atoms with Crippen molar-refractivity contribution in [2.75, 3.05) is 13.1 Å². The molecule has 1 N–H and O–H groups in total. The van der Waals surface area contributed by atoms with Crippen molar-refractivity contribution >= 4 is 12.5 Å². The Morgan fingerprint density at radius 2 is 2.44 bits per heavy atom. The maximum absolute atomic E-state index is 10.1. The van der Waals surface area contributed by atoms with E-state index in [0.29, 0.717) is 6.04 Å². The largest absolute Gasteiger partial charge is 0.302 e. The van der Waals surface area contributed by atoms with Gasteiger partial charge in [0.05, 0.1) is 6.04 Å². The summed E-state index contributed by atoms with van der Waals surface area (Å²) in [6.07, 6.45) is 3.10. The van der Waals surface area contributed by atoms with Gasteiger partial charge in [-0.05, 0) is 0 Å². The predicted octanol–water partition coefficient (Wildman–Crippen LogP) is -1.38. The third-order valence-electron chi connectivity index (χ3n) is 1.66. The lowest BCUT2D eigenvalue weighted by Gasteiger charge is -1.67. The zero-order chi connectivity index (χ0) is 6.27. The van der Waals surface area contributed by atoms with E-state index < -0.39 is 0 Å². The number of rotatable bonds is 2. The normalized spacial score (nSPS) is 42.9. The smallest absolute Gasteiger partial charge is 0.265 e. The second kappa shape index (κ2) is 1.64. The van der Waals surface area contributed by atoms with Crippen LogP contribution in [0.15, 0.2) is 0 Å². The van der Waals surface area contributed by atoms with E-state index in [1.165, 1.54) is 0 Å². The minimum absolute atomic E-state index is 0.201. The van der Waals surface area contributed by atoms with Crippen LogP contribution in [-0.2, 0) is 4.79 Å². The molecule has 2 fully saturated rings. The zero-order valence-corrected chi connectivity index (χ0v) is 5.08. The molecule has 2 unspecified atom stereocenters. The summed E-state index contributed by atoms with van der Waals surface area (Å²) >= 11 is 0. The molecule has 0 spiro atoms. The maximum atomic E-state index is 10.1. The molecule has 2 atom stereocenters. The molecule has 2 aliphatic rings. The first-order valence-corrected chi connectivity index (χ1v) is 3.19. The van der Waals surface area contributed by atoms with Crippen LogP contribution in [0.2, 0.25) is 0 Å². The van der Waals surface area contributed by atoms with Crippen LogP contribution in [0.3, 0.4) is 0 Å². The topological polar surface area (TPSA) is 42.0 Å². The molecule has 2 heterocycles. The standard InChI is InChI=1S/C6H9N2O/c9-4-6-3-8(6)2-5-1-7-5/h2,4-7H,1,3H2/q+1. The van der Waals surface area contributed by atoms with Gasteiger partial charge in [0.15, 0.2) is 12.5 Å². The number of nitrogens with one attached hydrogen (secondary N) is 1. The Kier molecular flexibility index (Phi) is 0.931. The van der Waals surface area contributed by atoms with Crippen molar-refractivity contribution in [2.24, 2.45) is 0 Å². The van der Waals surface area contributed by atoms with Gasteiger partial charge < -0.3 is 5.32 Å². The second-order valence-electron chi connectivity index (χ2n) is 2.56. The van der Waals surface area contributed by atoms with Gasteiger partial charge in [-0.1, -0.05) is 0 Å². The molecule has 0 radical (unpaired) electrons. The number of carbonyl (C=O) groups is 1. The highest BCUT2D eigenvalue weighted by atomic mass is 16.1. The van der Waals surface area contributed by atoms with Gasteiger partial charge in [-0.2, -0.15) is 0 Å². The minimum Gasteiger partial charge on any atom is -0.302 e. The number of hydrogen-bond donors (Lipinski definition) is 1. The molecule has 2 saturated heterocycles. The second-order valence-corrected chi connectivity index (χ2v) is 2.56. The molecule has 0 aliphatic carbocycles. The van der Waals surface area contributed by atoms with E-state index in [9.17, 15) is 4.79 Å². The van der Waals surface area contributed by atoms with Crippen molar-refractivity contribution in [3.8, 4) is 0 Å². The van der Waals surface area contributed by atoms with Crippen LogP contribution >= 0.6 is 0 Å². The molecule has 0 aromatic heterocycles. The van der Waals surface area contributed by atoms with Crippen molar-refractivity contribution in [3.63, 3.8) is 0 Å². The number of hydrogen-bond acceptors (Lipinski definition) is 2. The number of nitrogens with zero attached hydrogens (tertiary/aromatic N) is 1. The first kappa shape index (κ1) is 5.11.